The number of urea groups is 1. The number of nitrogens with two attached hydrogens (primary N) is 1. The van der Waals surface area contributed by atoms with Crippen LogP contribution in [0.1, 0.15) is 5.56 Å². The number of halogens is 1. The first-order chi connectivity index (χ1) is 10.6. The molecule has 3 rings (SSSR count). The van der Waals surface area contributed by atoms with Crippen LogP contribution in [0.15, 0.2) is 48.7 Å². The normalized spacial score (nSPS) is 10.6. The van der Waals surface area contributed by atoms with Crippen molar-refractivity contribution in [2.75, 3.05) is 0 Å². The Balaban J connectivity index is 1.80. The number of primary amides is 1. The van der Waals surface area contributed by atoms with E-state index in [4.69, 9.17) is 10.6 Å². The number of amides is 2. The van der Waals surface area contributed by atoms with Crippen molar-refractivity contribution in [2.24, 2.45) is 5.73 Å². The number of carbonyl (C=O) groups excluding carboxylic acids is 1. The molecular formula is C15H13FN4O2. The topological polar surface area (TPSA) is 84.2 Å². The van der Waals surface area contributed by atoms with Gasteiger partial charge < -0.3 is 10.6 Å². The van der Waals surface area contributed by atoms with Crippen LogP contribution in [0, 0.1) is 5.82 Å². The Morgan fingerprint density at radius 3 is 2.95 bits per heavy atom. The third kappa shape index (κ3) is 2.98. The number of aromatic amines is 1. The van der Waals surface area contributed by atoms with Crippen LogP contribution in [-0.4, -0.2) is 21.3 Å². The van der Waals surface area contributed by atoms with Gasteiger partial charge in [-0.05, 0) is 35.9 Å². The van der Waals surface area contributed by atoms with Crippen molar-refractivity contribution in [3.05, 3.63) is 60.0 Å². The van der Waals surface area contributed by atoms with E-state index in [1.807, 2.05) is 0 Å². The zero-order chi connectivity index (χ0) is 15.5. The van der Waals surface area contributed by atoms with Gasteiger partial charge in [-0.3, -0.25) is 5.10 Å². The number of hydrogen-bond donors (Lipinski definition) is 2. The molecule has 6 nitrogen and oxygen atoms in total. The maximum Gasteiger partial charge on any atom is 0.348 e. The van der Waals surface area contributed by atoms with Gasteiger partial charge in [0.25, 0.3) is 0 Å². The molecule has 2 aromatic carbocycles. The van der Waals surface area contributed by atoms with Crippen LogP contribution in [0.5, 0.6) is 5.75 Å². The summed E-state index contributed by atoms with van der Waals surface area (Å²) in [5.41, 5.74) is 6.74. The van der Waals surface area contributed by atoms with E-state index in [2.05, 4.69) is 10.2 Å². The van der Waals surface area contributed by atoms with Gasteiger partial charge in [0.1, 0.15) is 5.82 Å². The fourth-order valence-corrected chi connectivity index (χ4v) is 2.06. The number of rotatable bonds is 4. The highest BCUT2D eigenvalue weighted by molar-refractivity contribution is 5.79. The van der Waals surface area contributed by atoms with Crippen LogP contribution in [0.2, 0.25) is 0 Å². The summed E-state index contributed by atoms with van der Waals surface area (Å²) in [5.74, 6) is 0.0471. The number of carbonyl (C=O) groups is 1. The summed E-state index contributed by atoms with van der Waals surface area (Å²) in [5, 5.41) is 8.53. The smallest absolute Gasteiger partial charge is 0.348 e. The summed E-state index contributed by atoms with van der Waals surface area (Å²) in [6, 6.07) is 10.3. The first-order valence-corrected chi connectivity index (χ1v) is 6.54. The zero-order valence-electron chi connectivity index (χ0n) is 11.5. The van der Waals surface area contributed by atoms with Crippen molar-refractivity contribution in [1.82, 2.24) is 15.3 Å². The molecule has 1 heterocycles. The quantitative estimate of drug-likeness (QED) is 0.726. The lowest BCUT2D eigenvalue weighted by Gasteiger charge is -2.20. The molecule has 112 valence electrons. The van der Waals surface area contributed by atoms with Gasteiger partial charge in [0.05, 0.1) is 18.3 Å². The van der Waals surface area contributed by atoms with Gasteiger partial charge in [-0.1, -0.05) is 12.1 Å². The van der Waals surface area contributed by atoms with Crippen LogP contribution < -0.4 is 10.6 Å². The molecule has 1 aromatic heterocycles. The van der Waals surface area contributed by atoms with Crippen molar-refractivity contribution in [2.45, 2.75) is 6.54 Å². The maximum absolute atomic E-state index is 13.2. The molecule has 22 heavy (non-hydrogen) atoms. The molecule has 3 aromatic rings. The van der Waals surface area contributed by atoms with Crippen molar-refractivity contribution in [3.8, 4) is 5.75 Å². The molecule has 0 aliphatic rings. The van der Waals surface area contributed by atoms with Crippen molar-refractivity contribution >= 4 is 16.9 Å². The van der Waals surface area contributed by atoms with Crippen LogP contribution in [0.25, 0.3) is 10.9 Å². The third-order valence-corrected chi connectivity index (χ3v) is 3.09. The van der Waals surface area contributed by atoms with Crippen LogP contribution in [0.4, 0.5) is 9.18 Å². The van der Waals surface area contributed by atoms with E-state index >= 15 is 0 Å². The highest BCUT2D eigenvalue weighted by Gasteiger charge is 2.14. The first-order valence-electron chi connectivity index (χ1n) is 6.54. The summed E-state index contributed by atoms with van der Waals surface area (Å²) in [7, 11) is 0. The highest BCUT2D eigenvalue weighted by Crippen LogP contribution is 2.20. The molecule has 0 spiro atoms. The van der Waals surface area contributed by atoms with Crippen molar-refractivity contribution in [3.63, 3.8) is 0 Å². The van der Waals surface area contributed by atoms with Gasteiger partial charge in [0.15, 0.2) is 5.75 Å². The van der Waals surface area contributed by atoms with Gasteiger partial charge in [-0.25, -0.2) is 9.18 Å². The van der Waals surface area contributed by atoms with Crippen LogP contribution in [0.3, 0.4) is 0 Å². The average Bonchev–Trinajstić information content (AvgIpc) is 2.94. The molecule has 7 heteroatoms. The number of benzene rings is 2. The van der Waals surface area contributed by atoms with E-state index in [0.29, 0.717) is 11.3 Å². The summed E-state index contributed by atoms with van der Waals surface area (Å²) >= 11 is 0. The number of nitrogens with one attached hydrogen (secondary N) is 1. The first kappa shape index (κ1) is 13.9. The second kappa shape index (κ2) is 5.72. The lowest BCUT2D eigenvalue weighted by molar-refractivity contribution is -0.0164. The molecule has 0 fully saturated rings. The minimum absolute atomic E-state index is 0.0382. The molecule has 0 saturated carbocycles. The molecule has 0 radical (unpaired) electrons. The van der Waals surface area contributed by atoms with E-state index < -0.39 is 6.03 Å². The summed E-state index contributed by atoms with van der Waals surface area (Å²) in [6.07, 6.45) is 1.64. The number of fused-ring (bicyclic) bond motifs is 1. The summed E-state index contributed by atoms with van der Waals surface area (Å²) in [4.78, 5) is 17.0. The van der Waals surface area contributed by atoms with Gasteiger partial charge in [0.2, 0.25) is 0 Å². The van der Waals surface area contributed by atoms with Gasteiger partial charge in [-0.2, -0.15) is 10.2 Å². The van der Waals surface area contributed by atoms with E-state index in [1.165, 1.54) is 12.1 Å². The third-order valence-electron chi connectivity index (χ3n) is 3.09. The molecule has 0 unspecified atom stereocenters. The molecule has 0 bridgehead atoms. The lowest BCUT2D eigenvalue weighted by Crippen LogP contribution is -2.37. The largest absolute Gasteiger partial charge is 0.375 e. The van der Waals surface area contributed by atoms with E-state index in [0.717, 1.165) is 16.0 Å². The second-order valence-electron chi connectivity index (χ2n) is 4.72. The molecule has 3 N–H and O–H groups in total. The number of aromatic nitrogens is 2. The minimum atomic E-state index is -0.767. The summed E-state index contributed by atoms with van der Waals surface area (Å²) in [6.45, 7) is 0.0382. The standard InChI is InChI=1S/C15H13FN4O2/c16-12-3-1-2-10(6-12)9-20(15(17)21)22-13-4-5-14-11(7-13)8-18-19-14/h1-8H,9H2,(H2,17,21)(H,18,19). The maximum atomic E-state index is 13.2. The number of hydroxylamine groups is 2. The molecule has 0 atom stereocenters. The molecule has 2 amide bonds. The van der Waals surface area contributed by atoms with Crippen molar-refractivity contribution in [1.29, 1.82) is 0 Å². The minimum Gasteiger partial charge on any atom is -0.375 e. The average molecular weight is 300 g/mol. The SMILES string of the molecule is NC(=O)N(Cc1cccc(F)c1)Oc1ccc2[nH]ncc2c1. The molecule has 0 saturated heterocycles. The Kier molecular flexibility index (Phi) is 3.61. The molecule has 0 aliphatic carbocycles. The fourth-order valence-electron chi connectivity index (χ4n) is 2.06. The molecular weight excluding hydrogens is 287 g/mol. The number of H-pyrrole nitrogens is 1. The zero-order valence-corrected chi connectivity index (χ0v) is 11.5. The van der Waals surface area contributed by atoms with Gasteiger partial charge >= 0.3 is 6.03 Å². The van der Waals surface area contributed by atoms with Gasteiger partial charge in [0, 0.05) is 5.39 Å². The van der Waals surface area contributed by atoms with Gasteiger partial charge in [-0.15, -0.1) is 0 Å². The number of nitrogens with zero attached hydrogens (tertiary/aromatic N) is 2. The fraction of sp³-hybridized carbons (Fsp3) is 0.0667. The lowest BCUT2D eigenvalue weighted by atomic mass is 10.2. The second-order valence-corrected chi connectivity index (χ2v) is 4.72. The Morgan fingerprint density at radius 1 is 1.32 bits per heavy atom. The Hall–Kier alpha value is -3.09. The van der Waals surface area contributed by atoms with Crippen LogP contribution in [-0.2, 0) is 6.54 Å². The van der Waals surface area contributed by atoms with E-state index in [9.17, 15) is 9.18 Å². The molecule has 0 aliphatic heterocycles. The van der Waals surface area contributed by atoms with Crippen LogP contribution >= 0.6 is 0 Å². The van der Waals surface area contributed by atoms with Crippen molar-refractivity contribution < 1.29 is 14.0 Å². The summed E-state index contributed by atoms with van der Waals surface area (Å²) < 4.78 is 13.2. The highest BCUT2D eigenvalue weighted by atomic mass is 19.1. The predicted molar refractivity (Wildman–Crippen MR) is 78.2 cm³/mol. The predicted octanol–water partition coefficient (Wildman–Crippen LogP) is 2.58. The Morgan fingerprint density at radius 2 is 2.18 bits per heavy atom. The van der Waals surface area contributed by atoms with E-state index in [-0.39, 0.29) is 12.4 Å². The van der Waals surface area contributed by atoms with E-state index in [1.54, 1.807) is 36.5 Å². The Labute approximate surface area is 125 Å². The number of hydrogen-bond acceptors (Lipinski definition) is 3. The monoisotopic (exact) mass is 300 g/mol. The Bertz CT molecular complexity index is 818.